The quantitative estimate of drug-likeness (QED) is 0.901. The maximum atomic E-state index is 5.89. The zero-order valence-corrected chi connectivity index (χ0v) is 12.8. The molecule has 1 saturated heterocycles. The van der Waals surface area contributed by atoms with E-state index in [0.29, 0.717) is 6.04 Å². The van der Waals surface area contributed by atoms with E-state index in [0.717, 1.165) is 12.3 Å². The Hall–Kier alpha value is -1.02. The van der Waals surface area contributed by atoms with Gasteiger partial charge in [0.1, 0.15) is 0 Å². The first-order valence-electron chi connectivity index (χ1n) is 7.60. The maximum absolute atomic E-state index is 5.89. The summed E-state index contributed by atoms with van der Waals surface area (Å²) in [5, 5.41) is 0. The number of hydrogen-bond acceptors (Lipinski definition) is 2. The van der Waals surface area contributed by atoms with Gasteiger partial charge >= 0.3 is 0 Å². The molecule has 1 fully saturated rings. The molecule has 2 heteroatoms. The minimum atomic E-state index is 0.235. The van der Waals surface area contributed by atoms with Crippen molar-refractivity contribution in [3.05, 3.63) is 29.3 Å². The van der Waals surface area contributed by atoms with Crippen LogP contribution in [0.15, 0.2) is 18.2 Å². The van der Waals surface area contributed by atoms with Gasteiger partial charge in [-0.05, 0) is 63.1 Å². The molecule has 1 aromatic rings. The van der Waals surface area contributed by atoms with Gasteiger partial charge in [-0.1, -0.05) is 19.1 Å². The van der Waals surface area contributed by atoms with Crippen LogP contribution in [0.25, 0.3) is 0 Å². The third-order valence-corrected chi connectivity index (χ3v) is 4.50. The zero-order valence-electron chi connectivity index (χ0n) is 12.8. The molecule has 19 heavy (non-hydrogen) atoms. The molecule has 3 atom stereocenters. The van der Waals surface area contributed by atoms with Gasteiger partial charge in [0.15, 0.2) is 0 Å². The van der Waals surface area contributed by atoms with E-state index in [1.165, 1.54) is 36.2 Å². The van der Waals surface area contributed by atoms with E-state index < -0.39 is 0 Å². The Labute approximate surface area is 118 Å². The predicted molar refractivity (Wildman–Crippen MR) is 83.7 cm³/mol. The van der Waals surface area contributed by atoms with E-state index >= 15 is 0 Å². The van der Waals surface area contributed by atoms with Crippen LogP contribution < -0.4 is 10.6 Å². The smallest absolute Gasteiger partial charge is 0.0398 e. The van der Waals surface area contributed by atoms with Gasteiger partial charge in [-0.3, -0.25) is 0 Å². The van der Waals surface area contributed by atoms with Gasteiger partial charge in [0, 0.05) is 24.3 Å². The molecule has 2 N–H and O–H groups in total. The fourth-order valence-electron chi connectivity index (χ4n) is 3.21. The highest BCUT2D eigenvalue weighted by molar-refractivity contribution is 5.55. The van der Waals surface area contributed by atoms with Crippen molar-refractivity contribution in [3.63, 3.8) is 0 Å². The minimum absolute atomic E-state index is 0.235. The fraction of sp³-hybridized carbons (Fsp3) is 0.647. The number of nitrogens with zero attached hydrogens (tertiary/aromatic N) is 1. The second-order valence-corrected chi connectivity index (χ2v) is 6.36. The van der Waals surface area contributed by atoms with E-state index in [2.05, 4.69) is 50.8 Å². The van der Waals surface area contributed by atoms with Crippen LogP contribution in [0, 0.1) is 12.8 Å². The molecule has 3 unspecified atom stereocenters. The Morgan fingerprint density at radius 3 is 2.74 bits per heavy atom. The zero-order chi connectivity index (χ0) is 14.0. The Morgan fingerprint density at radius 1 is 1.37 bits per heavy atom. The molecule has 106 valence electrons. The van der Waals surface area contributed by atoms with E-state index in [1.807, 2.05) is 0 Å². The van der Waals surface area contributed by atoms with Crippen LogP contribution in [0.2, 0.25) is 0 Å². The Morgan fingerprint density at radius 2 is 2.11 bits per heavy atom. The van der Waals surface area contributed by atoms with Crippen molar-refractivity contribution in [3.8, 4) is 0 Å². The molecule has 1 aliphatic rings. The van der Waals surface area contributed by atoms with Crippen molar-refractivity contribution in [2.75, 3.05) is 11.4 Å². The first kappa shape index (κ1) is 14.4. The van der Waals surface area contributed by atoms with Crippen LogP contribution in [0.5, 0.6) is 0 Å². The highest BCUT2D eigenvalue weighted by atomic mass is 15.2. The van der Waals surface area contributed by atoms with Crippen LogP contribution >= 0.6 is 0 Å². The Kier molecular flexibility index (Phi) is 4.51. The Bertz CT molecular complexity index is 425. The second-order valence-electron chi connectivity index (χ2n) is 6.36. The van der Waals surface area contributed by atoms with Crippen LogP contribution in [-0.2, 0) is 6.42 Å². The number of rotatable bonds is 3. The Balaban J connectivity index is 2.20. The third kappa shape index (κ3) is 3.30. The summed E-state index contributed by atoms with van der Waals surface area (Å²) in [7, 11) is 0. The number of benzene rings is 1. The monoisotopic (exact) mass is 260 g/mol. The molecule has 0 aliphatic carbocycles. The lowest BCUT2D eigenvalue weighted by molar-refractivity contribution is 0.363. The first-order valence-corrected chi connectivity index (χ1v) is 7.60. The molecule has 2 rings (SSSR count). The van der Waals surface area contributed by atoms with Crippen molar-refractivity contribution in [1.82, 2.24) is 0 Å². The summed E-state index contributed by atoms with van der Waals surface area (Å²) in [4.78, 5) is 2.58. The summed E-state index contributed by atoms with van der Waals surface area (Å²) in [5.74, 6) is 0.789. The highest BCUT2D eigenvalue weighted by Crippen LogP contribution is 2.31. The highest BCUT2D eigenvalue weighted by Gasteiger charge is 2.25. The van der Waals surface area contributed by atoms with Gasteiger partial charge in [-0.25, -0.2) is 0 Å². The van der Waals surface area contributed by atoms with E-state index in [1.54, 1.807) is 0 Å². The number of aryl methyl sites for hydroxylation is 1. The molecule has 0 saturated carbocycles. The van der Waals surface area contributed by atoms with Crippen molar-refractivity contribution >= 4 is 5.69 Å². The lowest BCUT2D eigenvalue weighted by Gasteiger charge is -2.40. The van der Waals surface area contributed by atoms with E-state index in [-0.39, 0.29) is 6.04 Å². The second kappa shape index (κ2) is 5.96. The topological polar surface area (TPSA) is 29.3 Å². The lowest BCUT2D eigenvalue weighted by atomic mass is 9.91. The van der Waals surface area contributed by atoms with E-state index in [4.69, 9.17) is 5.73 Å². The molecule has 0 spiro atoms. The molecular formula is C17H28N2. The molecule has 0 aromatic heterocycles. The van der Waals surface area contributed by atoms with Crippen LogP contribution in [0.3, 0.4) is 0 Å². The molecular weight excluding hydrogens is 232 g/mol. The molecule has 0 bridgehead atoms. The number of piperidine rings is 1. The summed E-state index contributed by atoms with van der Waals surface area (Å²) in [6.07, 6.45) is 3.64. The fourth-order valence-corrected chi connectivity index (χ4v) is 3.21. The van der Waals surface area contributed by atoms with Gasteiger partial charge < -0.3 is 10.6 Å². The van der Waals surface area contributed by atoms with Gasteiger partial charge in [0.25, 0.3) is 0 Å². The van der Waals surface area contributed by atoms with Crippen LogP contribution in [-0.4, -0.2) is 18.6 Å². The van der Waals surface area contributed by atoms with E-state index in [9.17, 15) is 0 Å². The van der Waals surface area contributed by atoms with Crippen LogP contribution in [0.4, 0.5) is 5.69 Å². The molecule has 1 aliphatic heterocycles. The lowest BCUT2D eigenvalue weighted by Crippen LogP contribution is -2.42. The average Bonchev–Trinajstić information content (AvgIpc) is 2.33. The normalized spacial score (nSPS) is 25.4. The SMILES string of the molecule is Cc1cc(CC(C)N)ccc1N1CCCC(C)C1C. The molecule has 0 radical (unpaired) electrons. The standard InChI is InChI=1S/C17H28N2/c1-12-6-5-9-19(15(12)4)17-8-7-16(10-13(17)2)11-14(3)18/h7-8,10,12,14-15H,5-6,9,11,18H2,1-4H3. The molecule has 2 nitrogen and oxygen atoms in total. The summed E-state index contributed by atoms with van der Waals surface area (Å²) < 4.78 is 0. The van der Waals surface area contributed by atoms with Crippen molar-refractivity contribution in [2.45, 2.75) is 59.0 Å². The van der Waals surface area contributed by atoms with Gasteiger partial charge in [-0.2, -0.15) is 0 Å². The summed E-state index contributed by atoms with van der Waals surface area (Å²) in [6, 6.07) is 7.73. The van der Waals surface area contributed by atoms with Gasteiger partial charge in [0.2, 0.25) is 0 Å². The average molecular weight is 260 g/mol. The summed E-state index contributed by atoms with van der Waals surface area (Å²) in [6.45, 7) is 10.2. The molecule has 1 heterocycles. The molecule has 0 amide bonds. The van der Waals surface area contributed by atoms with Crippen molar-refractivity contribution < 1.29 is 0 Å². The number of anilines is 1. The first-order chi connectivity index (χ1) is 8.99. The molecule has 1 aromatic carbocycles. The third-order valence-electron chi connectivity index (χ3n) is 4.50. The maximum Gasteiger partial charge on any atom is 0.0398 e. The van der Waals surface area contributed by atoms with Crippen LogP contribution in [0.1, 0.15) is 44.7 Å². The van der Waals surface area contributed by atoms with Gasteiger partial charge in [0.05, 0.1) is 0 Å². The summed E-state index contributed by atoms with van der Waals surface area (Å²) in [5.41, 5.74) is 10.0. The number of nitrogens with two attached hydrogens (primary N) is 1. The largest absolute Gasteiger partial charge is 0.368 e. The predicted octanol–water partition coefficient (Wildman–Crippen LogP) is 3.51. The minimum Gasteiger partial charge on any atom is -0.368 e. The number of hydrogen-bond donors (Lipinski definition) is 1. The van der Waals surface area contributed by atoms with Crippen molar-refractivity contribution in [2.24, 2.45) is 11.7 Å². The van der Waals surface area contributed by atoms with Gasteiger partial charge in [-0.15, -0.1) is 0 Å². The summed E-state index contributed by atoms with van der Waals surface area (Å²) >= 11 is 0. The van der Waals surface area contributed by atoms with Crippen molar-refractivity contribution in [1.29, 1.82) is 0 Å².